The molecule has 0 amide bonds. The van der Waals surface area contributed by atoms with Crippen LogP contribution in [0.25, 0.3) is 0 Å². The maximum absolute atomic E-state index is 3.46. The van der Waals surface area contributed by atoms with Crippen LogP contribution in [0.5, 0.6) is 0 Å². The zero-order valence-corrected chi connectivity index (χ0v) is 12.7. The van der Waals surface area contributed by atoms with Crippen molar-refractivity contribution in [1.82, 2.24) is 5.32 Å². The van der Waals surface area contributed by atoms with Crippen molar-refractivity contribution >= 4 is 5.69 Å². The second kappa shape index (κ2) is 6.79. The van der Waals surface area contributed by atoms with E-state index in [-0.39, 0.29) is 0 Å². The molecule has 18 heavy (non-hydrogen) atoms. The number of anilines is 1. The second-order valence-electron chi connectivity index (χ2n) is 5.93. The monoisotopic (exact) mass is 248 g/mol. The fraction of sp³-hybridized carbons (Fsp3) is 0.625. The van der Waals surface area contributed by atoms with Gasteiger partial charge in [0.2, 0.25) is 0 Å². The van der Waals surface area contributed by atoms with Crippen LogP contribution in [-0.2, 0) is 6.54 Å². The summed E-state index contributed by atoms with van der Waals surface area (Å²) in [6.07, 6.45) is 0. The molecule has 0 fully saturated rings. The van der Waals surface area contributed by atoms with Gasteiger partial charge in [-0.1, -0.05) is 39.8 Å². The molecule has 0 aliphatic rings. The van der Waals surface area contributed by atoms with Gasteiger partial charge >= 0.3 is 0 Å². The lowest BCUT2D eigenvalue weighted by molar-refractivity contribution is 0.588. The molecule has 102 valence electrons. The van der Waals surface area contributed by atoms with Crippen molar-refractivity contribution < 1.29 is 0 Å². The molecular weight excluding hydrogens is 220 g/mol. The predicted octanol–water partition coefficient (Wildman–Crippen LogP) is 3.59. The van der Waals surface area contributed by atoms with E-state index in [9.17, 15) is 0 Å². The Morgan fingerprint density at radius 2 is 1.83 bits per heavy atom. The minimum Gasteiger partial charge on any atom is -0.374 e. The van der Waals surface area contributed by atoms with Crippen molar-refractivity contribution in [2.45, 2.75) is 47.2 Å². The van der Waals surface area contributed by atoms with Crippen molar-refractivity contribution in [3.05, 3.63) is 29.3 Å². The molecule has 0 atom stereocenters. The van der Waals surface area contributed by atoms with Gasteiger partial charge in [0.1, 0.15) is 0 Å². The molecular formula is C16H28N2. The van der Waals surface area contributed by atoms with Crippen LogP contribution < -0.4 is 10.2 Å². The summed E-state index contributed by atoms with van der Waals surface area (Å²) in [5, 5.41) is 3.46. The van der Waals surface area contributed by atoms with E-state index >= 15 is 0 Å². The first kappa shape index (κ1) is 15.0. The molecule has 0 unspecified atom stereocenters. The average Bonchev–Trinajstić information content (AvgIpc) is 2.25. The van der Waals surface area contributed by atoms with Crippen LogP contribution in [0.4, 0.5) is 5.69 Å². The topological polar surface area (TPSA) is 15.3 Å². The lowest BCUT2D eigenvalue weighted by atomic mass is 10.1. The van der Waals surface area contributed by atoms with Crippen LogP contribution in [0.2, 0.25) is 0 Å². The first-order valence-corrected chi connectivity index (χ1v) is 6.94. The van der Waals surface area contributed by atoms with E-state index < -0.39 is 0 Å². The summed E-state index contributed by atoms with van der Waals surface area (Å²) >= 11 is 0. The second-order valence-corrected chi connectivity index (χ2v) is 5.93. The molecule has 0 aliphatic heterocycles. The Bertz CT molecular complexity index is 369. The van der Waals surface area contributed by atoms with Gasteiger partial charge in [0.05, 0.1) is 0 Å². The molecule has 1 aromatic carbocycles. The Kier molecular flexibility index (Phi) is 5.67. The van der Waals surface area contributed by atoms with Gasteiger partial charge in [-0.25, -0.2) is 0 Å². The van der Waals surface area contributed by atoms with Crippen LogP contribution in [0, 0.1) is 12.8 Å². The van der Waals surface area contributed by atoms with E-state index in [2.05, 4.69) is 70.1 Å². The molecule has 0 heterocycles. The third-order valence-electron chi connectivity index (χ3n) is 3.03. The van der Waals surface area contributed by atoms with E-state index in [0.29, 0.717) is 12.0 Å². The van der Waals surface area contributed by atoms with Crippen LogP contribution >= 0.6 is 0 Å². The van der Waals surface area contributed by atoms with Gasteiger partial charge in [0.25, 0.3) is 0 Å². The summed E-state index contributed by atoms with van der Waals surface area (Å²) in [6.45, 7) is 13.1. The largest absolute Gasteiger partial charge is 0.374 e. The SMILES string of the molecule is Cc1cc(CNC(C)C)ccc1N(C)CC(C)C. The molecule has 1 aromatic rings. The van der Waals surface area contributed by atoms with Gasteiger partial charge in [0.15, 0.2) is 0 Å². The van der Waals surface area contributed by atoms with Crippen molar-refractivity contribution in [3.8, 4) is 0 Å². The first-order chi connectivity index (χ1) is 8.40. The van der Waals surface area contributed by atoms with Gasteiger partial charge < -0.3 is 10.2 Å². The summed E-state index contributed by atoms with van der Waals surface area (Å²) in [4.78, 5) is 2.35. The molecule has 2 heteroatoms. The van der Waals surface area contributed by atoms with Gasteiger partial charge in [-0.2, -0.15) is 0 Å². The van der Waals surface area contributed by atoms with E-state index in [4.69, 9.17) is 0 Å². The molecule has 0 saturated carbocycles. The maximum atomic E-state index is 3.46. The number of hydrogen-bond acceptors (Lipinski definition) is 2. The highest BCUT2D eigenvalue weighted by Crippen LogP contribution is 2.21. The molecule has 2 nitrogen and oxygen atoms in total. The Labute approximate surface area is 112 Å². The van der Waals surface area contributed by atoms with E-state index in [0.717, 1.165) is 13.1 Å². The summed E-state index contributed by atoms with van der Waals surface area (Å²) in [5.74, 6) is 0.691. The number of rotatable bonds is 6. The van der Waals surface area contributed by atoms with Crippen molar-refractivity contribution in [2.24, 2.45) is 5.92 Å². The Balaban J connectivity index is 2.73. The fourth-order valence-corrected chi connectivity index (χ4v) is 2.22. The number of benzene rings is 1. The van der Waals surface area contributed by atoms with Crippen LogP contribution in [0.3, 0.4) is 0 Å². The maximum Gasteiger partial charge on any atom is 0.0393 e. The normalized spacial score (nSPS) is 11.3. The Morgan fingerprint density at radius 3 is 2.33 bits per heavy atom. The van der Waals surface area contributed by atoms with Gasteiger partial charge in [-0.15, -0.1) is 0 Å². The Hall–Kier alpha value is -1.02. The number of hydrogen-bond donors (Lipinski definition) is 1. The quantitative estimate of drug-likeness (QED) is 0.827. The van der Waals surface area contributed by atoms with E-state index in [1.54, 1.807) is 0 Å². The van der Waals surface area contributed by atoms with Crippen molar-refractivity contribution in [1.29, 1.82) is 0 Å². The summed E-state index contributed by atoms with van der Waals surface area (Å²) in [6, 6.07) is 7.30. The zero-order valence-electron chi connectivity index (χ0n) is 12.7. The van der Waals surface area contributed by atoms with Gasteiger partial charge in [0, 0.05) is 31.9 Å². The lowest BCUT2D eigenvalue weighted by Crippen LogP contribution is -2.24. The first-order valence-electron chi connectivity index (χ1n) is 6.94. The standard InChI is InChI=1S/C16H28N2/c1-12(2)11-18(6)16-8-7-15(9-14(16)5)10-17-13(3)4/h7-9,12-13,17H,10-11H2,1-6H3. The third-order valence-corrected chi connectivity index (χ3v) is 3.03. The number of aryl methyl sites for hydroxylation is 1. The van der Waals surface area contributed by atoms with Crippen LogP contribution in [0.15, 0.2) is 18.2 Å². The average molecular weight is 248 g/mol. The van der Waals surface area contributed by atoms with E-state index in [1.807, 2.05) is 0 Å². The molecule has 0 spiro atoms. The van der Waals surface area contributed by atoms with E-state index in [1.165, 1.54) is 16.8 Å². The minimum atomic E-state index is 0.536. The summed E-state index contributed by atoms with van der Waals surface area (Å²) < 4.78 is 0. The molecule has 1 N–H and O–H groups in total. The predicted molar refractivity (Wildman–Crippen MR) is 81.3 cm³/mol. The molecule has 0 aromatic heterocycles. The highest BCUT2D eigenvalue weighted by molar-refractivity contribution is 5.53. The third kappa shape index (κ3) is 4.69. The van der Waals surface area contributed by atoms with Gasteiger partial charge in [-0.3, -0.25) is 0 Å². The van der Waals surface area contributed by atoms with Crippen molar-refractivity contribution in [2.75, 3.05) is 18.5 Å². The molecule has 0 radical (unpaired) electrons. The Morgan fingerprint density at radius 1 is 1.17 bits per heavy atom. The molecule has 0 bridgehead atoms. The summed E-state index contributed by atoms with van der Waals surface area (Å²) in [5.41, 5.74) is 4.07. The van der Waals surface area contributed by atoms with Gasteiger partial charge in [-0.05, 0) is 30.0 Å². The molecule has 0 saturated heterocycles. The van der Waals surface area contributed by atoms with Crippen LogP contribution in [-0.4, -0.2) is 19.6 Å². The molecule has 1 rings (SSSR count). The number of nitrogens with one attached hydrogen (secondary N) is 1. The smallest absolute Gasteiger partial charge is 0.0393 e. The molecule has 0 aliphatic carbocycles. The minimum absolute atomic E-state index is 0.536. The highest BCUT2D eigenvalue weighted by Gasteiger charge is 2.07. The lowest BCUT2D eigenvalue weighted by Gasteiger charge is -2.24. The van der Waals surface area contributed by atoms with Crippen molar-refractivity contribution in [3.63, 3.8) is 0 Å². The number of nitrogens with zero attached hydrogens (tertiary/aromatic N) is 1. The fourth-order valence-electron chi connectivity index (χ4n) is 2.22. The summed E-state index contributed by atoms with van der Waals surface area (Å²) in [7, 11) is 2.17. The highest BCUT2D eigenvalue weighted by atomic mass is 15.1. The van der Waals surface area contributed by atoms with Crippen LogP contribution in [0.1, 0.15) is 38.8 Å². The zero-order chi connectivity index (χ0) is 13.7.